The zero-order valence-corrected chi connectivity index (χ0v) is 16.3. The fourth-order valence-electron chi connectivity index (χ4n) is 3.40. The molecule has 0 aliphatic heterocycles. The van der Waals surface area contributed by atoms with E-state index in [9.17, 15) is 0 Å². The monoisotopic (exact) mass is 332 g/mol. The van der Waals surface area contributed by atoms with Crippen molar-refractivity contribution in [3.05, 3.63) is 29.8 Å². The molecular weight excluding hydrogens is 296 g/mol. The van der Waals surface area contributed by atoms with E-state index in [0.717, 1.165) is 18.3 Å². The van der Waals surface area contributed by atoms with Crippen molar-refractivity contribution in [2.75, 3.05) is 6.61 Å². The molecule has 0 bridgehead atoms. The predicted octanol–water partition coefficient (Wildman–Crippen LogP) is 6.33. The summed E-state index contributed by atoms with van der Waals surface area (Å²) >= 11 is 0. The topological polar surface area (TPSA) is 18.5 Å². The molecule has 1 unspecified atom stereocenters. The van der Waals surface area contributed by atoms with Crippen LogP contribution in [0.2, 0.25) is 0 Å². The minimum absolute atomic E-state index is 0.181. The van der Waals surface area contributed by atoms with Crippen molar-refractivity contribution in [1.29, 1.82) is 0 Å². The molecule has 24 heavy (non-hydrogen) atoms. The quantitative estimate of drug-likeness (QED) is 0.518. The molecule has 2 nitrogen and oxygen atoms in total. The molecule has 1 saturated carbocycles. The minimum Gasteiger partial charge on any atom is -0.465 e. The van der Waals surface area contributed by atoms with Gasteiger partial charge in [0.25, 0.3) is 0 Å². The van der Waals surface area contributed by atoms with Gasteiger partial charge in [-0.1, -0.05) is 71.9 Å². The summed E-state index contributed by atoms with van der Waals surface area (Å²) in [7, 11) is 0. The van der Waals surface area contributed by atoms with Crippen LogP contribution in [-0.2, 0) is 10.2 Å². The van der Waals surface area contributed by atoms with Crippen molar-refractivity contribution in [3.8, 4) is 5.75 Å². The van der Waals surface area contributed by atoms with E-state index in [2.05, 4.69) is 52.0 Å². The molecule has 1 aromatic rings. The molecule has 2 heteroatoms. The molecule has 0 spiro atoms. The highest BCUT2D eigenvalue weighted by Crippen LogP contribution is 2.32. The second-order valence-corrected chi connectivity index (χ2v) is 8.25. The van der Waals surface area contributed by atoms with E-state index < -0.39 is 0 Å². The normalized spacial score (nSPS) is 17.9. The van der Waals surface area contributed by atoms with Crippen molar-refractivity contribution >= 4 is 0 Å². The van der Waals surface area contributed by atoms with Crippen LogP contribution in [-0.4, -0.2) is 12.9 Å². The van der Waals surface area contributed by atoms with Gasteiger partial charge in [-0.15, -0.1) is 0 Å². The van der Waals surface area contributed by atoms with Crippen LogP contribution >= 0.6 is 0 Å². The van der Waals surface area contributed by atoms with Gasteiger partial charge < -0.3 is 9.47 Å². The van der Waals surface area contributed by atoms with Gasteiger partial charge in [0.05, 0.1) is 6.61 Å². The second-order valence-electron chi connectivity index (χ2n) is 8.25. The maximum atomic E-state index is 5.91. The van der Waals surface area contributed by atoms with E-state index in [1.165, 1.54) is 44.1 Å². The number of benzene rings is 1. The minimum atomic E-state index is -0.183. The molecule has 1 aliphatic carbocycles. The Balaban J connectivity index is 1.76. The van der Waals surface area contributed by atoms with Gasteiger partial charge in [-0.2, -0.15) is 0 Å². The average molecular weight is 333 g/mol. The van der Waals surface area contributed by atoms with E-state index in [1.54, 1.807) is 0 Å². The third-order valence-corrected chi connectivity index (χ3v) is 5.95. The van der Waals surface area contributed by atoms with Crippen LogP contribution in [0.5, 0.6) is 5.75 Å². The first-order valence-electron chi connectivity index (χ1n) is 9.78. The Labute approximate surface area is 148 Å². The molecule has 1 fully saturated rings. The summed E-state index contributed by atoms with van der Waals surface area (Å²) in [6.45, 7) is 11.9. The number of rotatable bonds is 8. The van der Waals surface area contributed by atoms with E-state index in [4.69, 9.17) is 9.47 Å². The Hall–Kier alpha value is -1.02. The summed E-state index contributed by atoms with van der Waals surface area (Å²) in [5, 5.41) is 0. The van der Waals surface area contributed by atoms with E-state index >= 15 is 0 Å². The van der Waals surface area contributed by atoms with Gasteiger partial charge in [0, 0.05) is 0 Å². The van der Waals surface area contributed by atoms with Crippen molar-refractivity contribution in [1.82, 2.24) is 0 Å². The van der Waals surface area contributed by atoms with Crippen LogP contribution in [0.25, 0.3) is 0 Å². The first-order chi connectivity index (χ1) is 11.4. The summed E-state index contributed by atoms with van der Waals surface area (Å²) in [5.74, 6) is 2.36. The smallest absolute Gasteiger partial charge is 0.196 e. The number of hydrogen-bond donors (Lipinski definition) is 0. The Kier molecular flexibility index (Phi) is 7.16. The lowest BCUT2D eigenvalue weighted by atomic mass is 9.75. The first kappa shape index (κ1) is 19.3. The van der Waals surface area contributed by atoms with Crippen LogP contribution in [0.4, 0.5) is 0 Å². The lowest BCUT2D eigenvalue weighted by Gasteiger charge is -2.30. The maximum absolute atomic E-state index is 5.91. The fraction of sp³-hybridized carbons (Fsp3) is 0.727. The number of ether oxygens (including phenoxy) is 2. The van der Waals surface area contributed by atoms with Gasteiger partial charge in [-0.25, -0.2) is 0 Å². The van der Waals surface area contributed by atoms with Crippen molar-refractivity contribution in [2.45, 2.75) is 84.8 Å². The first-order valence-corrected chi connectivity index (χ1v) is 9.78. The summed E-state index contributed by atoms with van der Waals surface area (Å²) in [6, 6.07) is 8.51. The van der Waals surface area contributed by atoms with Gasteiger partial charge in [-0.3, -0.25) is 0 Å². The summed E-state index contributed by atoms with van der Waals surface area (Å²) in [4.78, 5) is 0. The summed E-state index contributed by atoms with van der Waals surface area (Å²) in [6.07, 6.45) is 7.97. The Morgan fingerprint density at radius 2 is 1.62 bits per heavy atom. The predicted molar refractivity (Wildman–Crippen MR) is 102 cm³/mol. The lowest BCUT2D eigenvalue weighted by Crippen LogP contribution is -2.24. The highest BCUT2D eigenvalue weighted by atomic mass is 16.7. The van der Waals surface area contributed by atoms with Gasteiger partial charge in [0.1, 0.15) is 5.75 Å². The molecule has 0 N–H and O–H groups in total. The highest BCUT2D eigenvalue weighted by Gasteiger charge is 2.24. The van der Waals surface area contributed by atoms with E-state index in [1.807, 2.05) is 6.92 Å². The Morgan fingerprint density at radius 3 is 2.21 bits per heavy atom. The third-order valence-electron chi connectivity index (χ3n) is 5.95. The van der Waals surface area contributed by atoms with Crippen molar-refractivity contribution in [3.63, 3.8) is 0 Å². The van der Waals surface area contributed by atoms with Crippen LogP contribution < -0.4 is 4.74 Å². The number of hydrogen-bond acceptors (Lipinski definition) is 2. The summed E-state index contributed by atoms with van der Waals surface area (Å²) < 4.78 is 11.8. The van der Waals surface area contributed by atoms with Gasteiger partial charge in [0.2, 0.25) is 0 Å². The third kappa shape index (κ3) is 5.51. The summed E-state index contributed by atoms with van der Waals surface area (Å²) in [5.41, 5.74) is 1.54. The Bertz CT molecular complexity index is 469. The largest absolute Gasteiger partial charge is 0.465 e. The zero-order valence-electron chi connectivity index (χ0n) is 16.3. The van der Waals surface area contributed by atoms with Crippen LogP contribution in [0.3, 0.4) is 0 Å². The molecule has 0 heterocycles. The van der Waals surface area contributed by atoms with Crippen LogP contribution in [0.15, 0.2) is 24.3 Å². The molecule has 2 rings (SSSR count). The standard InChI is InChI=1S/C22H36O2/c1-17(2)22(4,5)20-11-13-21(14-12-20)24-18(3)23-16-15-19-9-7-6-8-10-19/h11-14,17-19H,6-10,15-16H2,1-5H3. The zero-order chi connectivity index (χ0) is 17.6. The Morgan fingerprint density at radius 1 is 1.00 bits per heavy atom. The fourth-order valence-corrected chi connectivity index (χ4v) is 3.40. The van der Waals surface area contributed by atoms with Crippen molar-refractivity contribution < 1.29 is 9.47 Å². The molecule has 1 atom stereocenters. The maximum Gasteiger partial charge on any atom is 0.196 e. The molecule has 136 valence electrons. The SMILES string of the molecule is CC(OCCC1CCCCC1)Oc1ccc(C(C)(C)C(C)C)cc1. The van der Waals surface area contributed by atoms with Crippen molar-refractivity contribution in [2.24, 2.45) is 11.8 Å². The highest BCUT2D eigenvalue weighted by molar-refractivity contribution is 5.32. The molecule has 0 amide bonds. The molecule has 0 saturated heterocycles. The van der Waals surface area contributed by atoms with Gasteiger partial charge in [0.15, 0.2) is 6.29 Å². The second kappa shape index (κ2) is 8.89. The lowest BCUT2D eigenvalue weighted by molar-refractivity contribution is -0.0711. The van der Waals surface area contributed by atoms with E-state index in [-0.39, 0.29) is 11.7 Å². The molecule has 0 radical (unpaired) electrons. The molecule has 1 aliphatic rings. The average Bonchev–Trinajstić information content (AvgIpc) is 2.56. The molecule has 0 aromatic heterocycles. The van der Waals surface area contributed by atoms with Crippen LogP contribution in [0.1, 0.15) is 78.7 Å². The van der Waals surface area contributed by atoms with E-state index in [0.29, 0.717) is 5.92 Å². The molecular formula is C22H36O2. The van der Waals surface area contributed by atoms with Gasteiger partial charge in [-0.05, 0) is 48.3 Å². The van der Waals surface area contributed by atoms with Crippen LogP contribution in [0, 0.1) is 11.8 Å². The molecule has 1 aromatic carbocycles. The van der Waals surface area contributed by atoms with Gasteiger partial charge >= 0.3 is 0 Å².